The molecule has 2 heterocycles. The van der Waals surface area contributed by atoms with Gasteiger partial charge < -0.3 is 9.42 Å². The highest BCUT2D eigenvalue weighted by atomic mass is 16.5. The molecule has 0 aliphatic carbocycles. The van der Waals surface area contributed by atoms with Gasteiger partial charge in [-0.3, -0.25) is 9.48 Å². The minimum absolute atomic E-state index is 0.0741. The largest absolute Gasteiger partial charge is 0.340 e. The van der Waals surface area contributed by atoms with E-state index < -0.39 is 0 Å². The summed E-state index contributed by atoms with van der Waals surface area (Å²) in [4.78, 5) is 18.5. The van der Waals surface area contributed by atoms with Crippen LogP contribution in [-0.4, -0.2) is 37.3 Å². The molecular weight excluding hydrogens is 282 g/mol. The molecule has 0 N–H and O–H groups in total. The molecule has 0 aliphatic heterocycles. The topological polar surface area (TPSA) is 77.1 Å². The predicted molar refractivity (Wildman–Crippen MR) is 81.2 cm³/mol. The Hall–Kier alpha value is -2.18. The van der Waals surface area contributed by atoms with Crippen molar-refractivity contribution in [2.75, 3.05) is 6.54 Å². The van der Waals surface area contributed by atoms with Crippen LogP contribution in [-0.2, 0) is 20.0 Å². The van der Waals surface area contributed by atoms with Crippen LogP contribution in [0.2, 0.25) is 0 Å². The van der Waals surface area contributed by atoms with E-state index in [0.29, 0.717) is 36.4 Å². The molecule has 0 fully saturated rings. The predicted octanol–water partition coefficient (Wildman–Crippen LogP) is 1.97. The standard InChI is InChI=1S/C15H23N5O2/c1-6-20(9-14-16-11(4)22-18-14)15(21)13-8-12(7-10(2)3)17-19(13)5/h8,10H,6-7,9H2,1-5H3. The van der Waals surface area contributed by atoms with Crippen molar-refractivity contribution in [1.82, 2.24) is 24.8 Å². The summed E-state index contributed by atoms with van der Waals surface area (Å²) >= 11 is 0. The first-order valence-electron chi connectivity index (χ1n) is 7.52. The lowest BCUT2D eigenvalue weighted by Gasteiger charge is -2.18. The normalized spacial score (nSPS) is 11.2. The van der Waals surface area contributed by atoms with Gasteiger partial charge in [-0.25, -0.2) is 0 Å². The number of carbonyl (C=O) groups is 1. The van der Waals surface area contributed by atoms with Crippen LogP contribution >= 0.6 is 0 Å². The summed E-state index contributed by atoms with van der Waals surface area (Å²) in [6.07, 6.45) is 0.858. The molecule has 0 unspecified atom stereocenters. The molecule has 0 bridgehead atoms. The van der Waals surface area contributed by atoms with Gasteiger partial charge in [0.2, 0.25) is 5.89 Å². The molecule has 2 aromatic rings. The summed E-state index contributed by atoms with van der Waals surface area (Å²) in [6, 6.07) is 1.87. The fourth-order valence-corrected chi connectivity index (χ4v) is 2.31. The fraction of sp³-hybridized carbons (Fsp3) is 0.600. The van der Waals surface area contributed by atoms with Gasteiger partial charge in [-0.1, -0.05) is 19.0 Å². The van der Waals surface area contributed by atoms with E-state index in [9.17, 15) is 4.79 Å². The smallest absolute Gasteiger partial charge is 0.272 e. The molecule has 7 nitrogen and oxygen atoms in total. The first kappa shape index (κ1) is 16.2. The number of amides is 1. The van der Waals surface area contributed by atoms with Crippen molar-refractivity contribution >= 4 is 5.91 Å². The molecule has 120 valence electrons. The highest BCUT2D eigenvalue weighted by Gasteiger charge is 2.21. The van der Waals surface area contributed by atoms with Crippen LogP contribution in [0, 0.1) is 12.8 Å². The van der Waals surface area contributed by atoms with Crippen LogP contribution < -0.4 is 0 Å². The van der Waals surface area contributed by atoms with Crippen molar-refractivity contribution in [2.45, 2.75) is 40.7 Å². The molecule has 0 saturated heterocycles. The molecule has 7 heteroatoms. The van der Waals surface area contributed by atoms with Crippen LogP contribution in [0.25, 0.3) is 0 Å². The summed E-state index contributed by atoms with van der Waals surface area (Å²) in [5.41, 5.74) is 1.52. The van der Waals surface area contributed by atoms with Gasteiger partial charge in [0, 0.05) is 20.5 Å². The van der Waals surface area contributed by atoms with Crippen molar-refractivity contribution < 1.29 is 9.32 Å². The van der Waals surface area contributed by atoms with Crippen molar-refractivity contribution in [3.8, 4) is 0 Å². The molecule has 0 atom stereocenters. The third kappa shape index (κ3) is 3.72. The lowest BCUT2D eigenvalue weighted by molar-refractivity contribution is 0.0736. The number of aromatic nitrogens is 4. The molecule has 2 rings (SSSR count). The van der Waals surface area contributed by atoms with Crippen LogP contribution in [0.3, 0.4) is 0 Å². The number of carbonyl (C=O) groups excluding carboxylic acids is 1. The Kier molecular flexibility index (Phi) is 4.95. The van der Waals surface area contributed by atoms with E-state index in [-0.39, 0.29) is 5.91 Å². The van der Waals surface area contributed by atoms with Gasteiger partial charge in [0.25, 0.3) is 5.91 Å². The summed E-state index contributed by atoms with van der Waals surface area (Å²) in [6.45, 7) is 8.82. The Morgan fingerprint density at radius 1 is 1.45 bits per heavy atom. The summed E-state index contributed by atoms with van der Waals surface area (Å²) in [5, 5.41) is 8.26. The van der Waals surface area contributed by atoms with Crippen molar-refractivity contribution in [3.63, 3.8) is 0 Å². The SMILES string of the molecule is CCN(Cc1noc(C)n1)C(=O)c1cc(CC(C)C)nn1C. The summed E-state index contributed by atoms with van der Waals surface area (Å²) in [5.74, 6) is 1.44. The van der Waals surface area contributed by atoms with E-state index in [1.165, 1.54) is 0 Å². The molecule has 0 aromatic carbocycles. The summed E-state index contributed by atoms with van der Waals surface area (Å²) in [7, 11) is 1.80. The van der Waals surface area contributed by atoms with Crippen LogP contribution in [0.15, 0.2) is 10.6 Å². The van der Waals surface area contributed by atoms with Crippen molar-refractivity contribution in [2.24, 2.45) is 13.0 Å². The number of aryl methyl sites for hydroxylation is 2. The van der Waals surface area contributed by atoms with Gasteiger partial charge in [-0.15, -0.1) is 0 Å². The highest BCUT2D eigenvalue weighted by molar-refractivity contribution is 5.92. The zero-order valence-electron chi connectivity index (χ0n) is 13.8. The van der Waals surface area contributed by atoms with E-state index in [0.717, 1.165) is 12.1 Å². The Bertz CT molecular complexity index is 644. The second kappa shape index (κ2) is 6.72. The number of rotatable bonds is 6. The van der Waals surface area contributed by atoms with Gasteiger partial charge in [0.1, 0.15) is 5.69 Å². The second-order valence-corrected chi connectivity index (χ2v) is 5.79. The van der Waals surface area contributed by atoms with Gasteiger partial charge in [-0.05, 0) is 25.3 Å². The first-order chi connectivity index (χ1) is 10.4. The number of hydrogen-bond donors (Lipinski definition) is 0. The molecular formula is C15H23N5O2. The van der Waals surface area contributed by atoms with E-state index in [1.54, 1.807) is 23.6 Å². The maximum Gasteiger partial charge on any atom is 0.272 e. The van der Waals surface area contributed by atoms with Gasteiger partial charge >= 0.3 is 0 Å². The van der Waals surface area contributed by atoms with Gasteiger partial charge in [-0.2, -0.15) is 10.1 Å². The number of nitrogens with zero attached hydrogens (tertiary/aromatic N) is 5. The van der Waals surface area contributed by atoms with Crippen molar-refractivity contribution in [3.05, 3.63) is 29.2 Å². The van der Waals surface area contributed by atoms with Gasteiger partial charge in [0.05, 0.1) is 12.2 Å². The molecule has 1 amide bonds. The first-order valence-corrected chi connectivity index (χ1v) is 7.52. The maximum absolute atomic E-state index is 12.7. The van der Waals surface area contributed by atoms with Crippen LogP contribution in [0.5, 0.6) is 0 Å². The second-order valence-electron chi connectivity index (χ2n) is 5.79. The highest BCUT2D eigenvalue weighted by Crippen LogP contribution is 2.12. The van der Waals surface area contributed by atoms with E-state index in [2.05, 4.69) is 29.1 Å². The van der Waals surface area contributed by atoms with E-state index in [4.69, 9.17) is 4.52 Å². The van der Waals surface area contributed by atoms with E-state index in [1.807, 2.05) is 13.0 Å². The fourth-order valence-electron chi connectivity index (χ4n) is 2.31. The summed E-state index contributed by atoms with van der Waals surface area (Å²) < 4.78 is 6.59. The lowest BCUT2D eigenvalue weighted by atomic mass is 10.1. The zero-order chi connectivity index (χ0) is 16.3. The molecule has 2 aromatic heterocycles. The molecule has 0 aliphatic rings. The Morgan fingerprint density at radius 3 is 2.73 bits per heavy atom. The molecule has 0 spiro atoms. The number of hydrogen-bond acceptors (Lipinski definition) is 5. The Balaban J connectivity index is 2.15. The molecule has 0 saturated carbocycles. The monoisotopic (exact) mass is 305 g/mol. The van der Waals surface area contributed by atoms with Crippen LogP contribution in [0.4, 0.5) is 0 Å². The molecule has 22 heavy (non-hydrogen) atoms. The minimum atomic E-state index is -0.0741. The van der Waals surface area contributed by atoms with Crippen molar-refractivity contribution in [1.29, 1.82) is 0 Å². The average Bonchev–Trinajstić information content (AvgIpc) is 3.00. The third-order valence-corrected chi connectivity index (χ3v) is 3.34. The maximum atomic E-state index is 12.7. The third-order valence-electron chi connectivity index (χ3n) is 3.34. The average molecular weight is 305 g/mol. The lowest BCUT2D eigenvalue weighted by Crippen LogP contribution is -2.32. The zero-order valence-corrected chi connectivity index (χ0v) is 13.8. The minimum Gasteiger partial charge on any atom is -0.340 e. The Morgan fingerprint density at radius 2 is 2.18 bits per heavy atom. The Labute approximate surface area is 130 Å². The van der Waals surface area contributed by atoms with Gasteiger partial charge in [0.15, 0.2) is 5.82 Å². The quantitative estimate of drug-likeness (QED) is 0.815. The van der Waals surface area contributed by atoms with E-state index >= 15 is 0 Å². The van der Waals surface area contributed by atoms with Crippen LogP contribution in [0.1, 0.15) is 48.7 Å². The molecule has 0 radical (unpaired) electrons.